The Morgan fingerprint density at radius 3 is 2.50 bits per heavy atom. The van der Waals surface area contributed by atoms with Gasteiger partial charge in [-0.15, -0.1) is 11.3 Å². The molecule has 0 amide bonds. The van der Waals surface area contributed by atoms with Crippen LogP contribution < -0.4 is 10.6 Å². The van der Waals surface area contributed by atoms with E-state index in [1.165, 1.54) is 0 Å². The summed E-state index contributed by atoms with van der Waals surface area (Å²) >= 11 is 1.64. The van der Waals surface area contributed by atoms with Crippen LogP contribution in [0, 0.1) is 6.92 Å². The van der Waals surface area contributed by atoms with Gasteiger partial charge in [0.15, 0.2) is 11.6 Å². The monoisotopic (exact) mass is 285 g/mol. The van der Waals surface area contributed by atoms with E-state index in [1.807, 2.05) is 43.1 Å². The van der Waals surface area contributed by atoms with Crippen molar-refractivity contribution in [1.29, 1.82) is 0 Å². The number of aryl methyl sites for hydroxylation is 1. The van der Waals surface area contributed by atoms with Crippen LogP contribution >= 0.6 is 11.3 Å². The maximum Gasteiger partial charge on any atom is 0.172 e. The van der Waals surface area contributed by atoms with Gasteiger partial charge in [0.25, 0.3) is 0 Å². The second-order valence-corrected chi connectivity index (χ2v) is 5.70. The van der Waals surface area contributed by atoms with Gasteiger partial charge in [0, 0.05) is 12.4 Å². The van der Waals surface area contributed by atoms with Crippen LogP contribution in [-0.4, -0.2) is 22.0 Å². The lowest BCUT2D eigenvalue weighted by Gasteiger charge is -2.18. The van der Waals surface area contributed by atoms with E-state index in [9.17, 15) is 0 Å². The maximum atomic E-state index is 6.01. The Kier molecular flexibility index (Phi) is 3.23. The number of hydrogen-bond acceptors (Lipinski definition) is 6. The maximum absolute atomic E-state index is 6.01. The number of benzene rings is 1. The van der Waals surface area contributed by atoms with Crippen molar-refractivity contribution in [3.05, 3.63) is 40.3 Å². The number of nitrogens with two attached hydrogens (primary N) is 1. The molecule has 0 saturated carbocycles. The van der Waals surface area contributed by atoms with E-state index in [-0.39, 0.29) is 0 Å². The average Bonchev–Trinajstić information content (AvgIpc) is 2.83. The summed E-state index contributed by atoms with van der Waals surface area (Å²) in [5, 5.41) is 3.11. The zero-order valence-electron chi connectivity index (χ0n) is 11.4. The molecule has 5 nitrogen and oxygen atoms in total. The molecule has 0 aliphatic carbocycles. The zero-order chi connectivity index (χ0) is 14.1. The molecule has 0 aliphatic heterocycles. The van der Waals surface area contributed by atoms with Crippen molar-refractivity contribution in [3.8, 4) is 0 Å². The van der Waals surface area contributed by atoms with E-state index in [2.05, 4.69) is 20.3 Å². The summed E-state index contributed by atoms with van der Waals surface area (Å²) in [5.74, 6) is 1.13. The Bertz CT molecular complexity index is 752. The first-order valence-electron chi connectivity index (χ1n) is 6.28. The summed E-state index contributed by atoms with van der Waals surface area (Å²) in [4.78, 5) is 15.4. The number of fused-ring (bicyclic) bond motifs is 1. The molecule has 2 N–H and O–H groups in total. The van der Waals surface area contributed by atoms with Crippen molar-refractivity contribution in [2.45, 2.75) is 13.5 Å². The third-order valence-corrected chi connectivity index (χ3v) is 3.83. The molecule has 2 aromatic heterocycles. The molecular weight excluding hydrogens is 270 g/mol. The number of thiazole rings is 1. The van der Waals surface area contributed by atoms with Gasteiger partial charge in [-0.05, 0) is 19.1 Å². The number of nitrogen functional groups attached to an aromatic ring is 1. The molecule has 0 spiro atoms. The van der Waals surface area contributed by atoms with Crippen molar-refractivity contribution in [3.63, 3.8) is 0 Å². The van der Waals surface area contributed by atoms with E-state index in [1.54, 1.807) is 11.3 Å². The summed E-state index contributed by atoms with van der Waals surface area (Å²) in [5.41, 5.74) is 8.69. The minimum atomic E-state index is 0.443. The van der Waals surface area contributed by atoms with Crippen molar-refractivity contribution in [2.75, 3.05) is 17.7 Å². The minimum absolute atomic E-state index is 0.443. The molecule has 0 saturated heterocycles. The molecule has 0 unspecified atom stereocenters. The minimum Gasteiger partial charge on any atom is -0.381 e. The standard InChI is InChI=1S/C14H15N5S/c1-9-16-10(8-20-9)7-19(2)14-13(15)17-11-5-3-4-6-12(11)18-14/h3-6,8H,7H2,1-2H3,(H2,15,17). The molecule has 2 heterocycles. The first-order valence-corrected chi connectivity index (χ1v) is 7.16. The van der Waals surface area contributed by atoms with Crippen LogP contribution in [0.3, 0.4) is 0 Å². The second kappa shape index (κ2) is 5.05. The predicted molar refractivity (Wildman–Crippen MR) is 82.9 cm³/mol. The Morgan fingerprint density at radius 1 is 1.15 bits per heavy atom. The lowest BCUT2D eigenvalue weighted by molar-refractivity contribution is 0.872. The number of aromatic nitrogens is 3. The number of nitrogens with zero attached hydrogens (tertiary/aromatic N) is 4. The highest BCUT2D eigenvalue weighted by molar-refractivity contribution is 7.09. The third kappa shape index (κ3) is 2.42. The van der Waals surface area contributed by atoms with Gasteiger partial charge in [-0.3, -0.25) is 0 Å². The largest absolute Gasteiger partial charge is 0.381 e. The Labute approximate surface area is 121 Å². The Balaban J connectivity index is 1.94. The number of para-hydroxylation sites is 2. The van der Waals surface area contributed by atoms with Crippen LogP contribution in [0.15, 0.2) is 29.6 Å². The van der Waals surface area contributed by atoms with Crippen molar-refractivity contribution in [2.24, 2.45) is 0 Å². The molecule has 20 heavy (non-hydrogen) atoms. The van der Waals surface area contributed by atoms with E-state index in [4.69, 9.17) is 5.73 Å². The lowest BCUT2D eigenvalue weighted by Crippen LogP contribution is -2.20. The normalized spacial score (nSPS) is 10.9. The fourth-order valence-corrected chi connectivity index (χ4v) is 2.69. The van der Waals surface area contributed by atoms with Gasteiger partial charge in [0.05, 0.1) is 28.3 Å². The molecule has 102 valence electrons. The topological polar surface area (TPSA) is 67.9 Å². The Morgan fingerprint density at radius 2 is 1.85 bits per heavy atom. The first-order chi connectivity index (χ1) is 9.63. The van der Waals surface area contributed by atoms with E-state index >= 15 is 0 Å². The molecule has 3 aromatic rings. The van der Waals surface area contributed by atoms with Crippen LogP contribution in [0.5, 0.6) is 0 Å². The molecule has 1 aromatic carbocycles. The number of rotatable bonds is 3. The fraction of sp³-hybridized carbons (Fsp3) is 0.214. The van der Waals surface area contributed by atoms with Crippen LogP contribution in [0.1, 0.15) is 10.7 Å². The summed E-state index contributed by atoms with van der Waals surface area (Å²) in [6.07, 6.45) is 0. The van der Waals surface area contributed by atoms with Crippen molar-refractivity contribution < 1.29 is 0 Å². The molecule has 0 aliphatic rings. The number of anilines is 2. The molecule has 0 radical (unpaired) electrons. The summed E-state index contributed by atoms with van der Waals surface area (Å²) < 4.78 is 0. The lowest BCUT2D eigenvalue weighted by atomic mass is 10.3. The van der Waals surface area contributed by atoms with Crippen LogP contribution in [-0.2, 0) is 6.54 Å². The average molecular weight is 285 g/mol. The summed E-state index contributed by atoms with van der Waals surface area (Å²) in [6, 6.07) is 7.72. The summed E-state index contributed by atoms with van der Waals surface area (Å²) in [7, 11) is 1.95. The number of hydrogen-bond donors (Lipinski definition) is 1. The quantitative estimate of drug-likeness (QED) is 0.801. The van der Waals surface area contributed by atoms with Crippen LogP contribution in [0.2, 0.25) is 0 Å². The van der Waals surface area contributed by atoms with E-state index < -0.39 is 0 Å². The molecule has 0 bridgehead atoms. The SMILES string of the molecule is Cc1nc(CN(C)c2nc3ccccc3nc2N)cs1. The van der Waals surface area contributed by atoms with Crippen molar-refractivity contribution in [1.82, 2.24) is 15.0 Å². The highest BCUT2D eigenvalue weighted by atomic mass is 32.1. The smallest absolute Gasteiger partial charge is 0.172 e. The molecule has 6 heteroatoms. The van der Waals surface area contributed by atoms with E-state index in [0.29, 0.717) is 18.2 Å². The fourth-order valence-electron chi connectivity index (χ4n) is 2.08. The van der Waals surface area contributed by atoms with Gasteiger partial charge in [-0.2, -0.15) is 0 Å². The molecular formula is C14H15N5S. The molecule has 0 atom stereocenters. The first kappa shape index (κ1) is 12.8. The molecule has 3 rings (SSSR count). The Hall–Kier alpha value is -2.21. The van der Waals surface area contributed by atoms with Gasteiger partial charge in [-0.1, -0.05) is 12.1 Å². The zero-order valence-corrected chi connectivity index (χ0v) is 12.2. The van der Waals surface area contributed by atoms with Gasteiger partial charge < -0.3 is 10.6 Å². The van der Waals surface area contributed by atoms with Gasteiger partial charge in [-0.25, -0.2) is 15.0 Å². The van der Waals surface area contributed by atoms with Gasteiger partial charge in [0.2, 0.25) is 0 Å². The third-order valence-electron chi connectivity index (χ3n) is 3.01. The van der Waals surface area contributed by atoms with Crippen molar-refractivity contribution >= 4 is 34.0 Å². The van der Waals surface area contributed by atoms with Gasteiger partial charge in [0.1, 0.15) is 0 Å². The van der Waals surface area contributed by atoms with Crippen LogP contribution in [0.4, 0.5) is 11.6 Å². The molecule has 0 fully saturated rings. The van der Waals surface area contributed by atoms with Gasteiger partial charge >= 0.3 is 0 Å². The highest BCUT2D eigenvalue weighted by Gasteiger charge is 2.12. The van der Waals surface area contributed by atoms with Crippen LogP contribution in [0.25, 0.3) is 11.0 Å². The predicted octanol–water partition coefficient (Wildman–Crippen LogP) is 2.61. The summed E-state index contributed by atoms with van der Waals surface area (Å²) in [6.45, 7) is 2.67. The highest BCUT2D eigenvalue weighted by Crippen LogP contribution is 2.23. The second-order valence-electron chi connectivity index (χ2n) is 4.64. The van der Waals surface area contributed by atoms with E-state index in [0.717, 1.165) is 21.7 Å².